The van der Waals surface area contributed by atoms with Gasteiger partial charge in [-0.25, -0.2) is 0 Å². The van der Waals surface area contributed by atoms with Crippen molar-refractivity contribution >= 4 is 17.1 Å². The summed E-state index contributed by atoms with van der Waals surface area (Å²) in [5.41, 5.74) is 3.04. The Morgan fingerprint density at radius 3 is 2.65 bits per heavy atom. The largest absolute Gasteiger partial charge is 0.351 e. The van der Waals surface area contributed by atoms with Crippen molar-refractivity contribution in [3.05, 3.63) is 45.4 Å². The van der Waals surface area contributed by atoms with Gasteiger partial charge in [-0.05, 0) is 37.9 Å². The molecular formula is C16H22N2OS. The minimum absolute atomic E-state index is 0.213. The molecule has 0 amide bonds. The molecule has 20 heavy (non-hydrogen) atoms. The molecule has 0 bridgehead atoms. The van der Waals surface area contributed by atoms with Gasteiger partial charge >= 0.3 is 0 Å². The molecule has 108 valence electrons. The van der Waals surface area contributed by atoms with E-state index in [0.717, 1.165) is 30.0 Å². The number of likely N-dealkylation sites (N-methyl/N-ethyl adjacent to an activating group) is 1. The lowest BCUT2D eigenvalue weighted by Gasteiger charge is -2.18. The van der Waals surface area contributed by atoms with Crippen LogP contribution in [0.3, 0.4) is 0 Å². The molecule has 0 saturated heterocycles. The van der Waals surface area contributed by atoms with Crippen molar-refractivity contribution < 1.29 is 4.79 Å². The Morgan fingerprint density at radius 2 is 2.15 bits per heavy atom. The lowest BCUT2D eigenvalue weighted by atomic mass is 10.1. The second-order valence-electron chi connectivity index (χ2n) is 5.15. The normalized spacial score (nSPS) is 11.2. The molecule has 0 fully saturated rings. The van der Waals surface area contributed by atoms with E-state index < -0.39 is 0 Å². The lowest BCUT2D eigenvalue weighted by Crippen LogP contribution is -2.29. The Morgan fingerprint density at radius 1 is 1.40 bits per heavy atom. The summed E-state index contributed by atoms with van der Waals surface area (Å²) in [6.45, 7) is 8.37. The first kappa shape index (κ1) is 15.0. The van der Waals surface area contributed by atoms with Gasteiger partial charge in [0.05, 0.1) is 6.54 Å². The number of aromatic nitrogens is 1. The summed E-state index contributed by atoms with van der Waals surface area (Å²) < 4.78 is 2.07. The van der Waals surface area contributed by atoms with Crippen LogP contribution in [0.15, 0.2) is 23.6 Å². The van der Waals surface area contributed by atoms with Gasteiger partial charge in [0.15, 0.2) is 5.78 Å². The molecule has 0 aliphatic rings. The first-order valence-electron chi connectivity index (χ1n) is 6.93. The number of Topliss-reactive ketones (excluding diaryl/α,β-unsaturated/α-hetero) is 1. The van der Waals surface area contributed by atoms with E-state index in [0.29, 0.717) is 6.54 Å². The van der Waals surface area contributed by atoms with Gasteiger partial charge in [-0.1, -0.05) is 13.0 Å². The summed E-state index contributed by atoms with van der Waals surface area (Å²) in [6, 6.07) is 6.17. The van der Waals surface area contributed by atoms with Crippen molar-refractivity contribution in [3.63, 3.8) is 0 Å². The van der Waals surface area contributed by atoms with Crippen LogP contribution in [0.25, 0.3) is 0 Å². The molecular weight excluding hydrogens is 268 g/mol. The number of hydrogen-bond donors (Lipinski definition) is 0. The smallest absolute Gasteiger partial charge is 0.178 e. The summed E-state index contributed by atoms with van der Waals surface area (Å²) in [7, 11) is 2.00. The van der Waals surface area contributed by atoms with Gasteiger partial charge in [0, 0.05) is 35.4 Å². The number of nitrogens with zero attached hydrogens (tertiary/aromatic N) is 2. The van der Waals surface area contributed by atoms with Crippen LogP contribution < -0.4 is 0 Å². The predicted octanol–water partition coefficient (Wildman–Crippen LogP) is 3.41. The fourth-order valence-corrected chi connectivity index (χ4v) is 3.07. The summed E-state index contributed by atoms with van der Waals surface area (Å²) in [4.78, 5) is 16.0. The number of hydrogen-bond acceptors (Lipinski definition) is 3. The van der Waals surface area contributed by atoms with Gasteiger partial charge in [0.25, 0.3) is 0 Å². The molecule has 3 nitrogen and oxygen atoms in total. The first-order chi connectivity index (χ1) is 9.52. The molecule has 0 N–H and O–H groups in total. The van der Waals surface area contributed by atoms with Crippen molar-refractivity contribution in [3.8, 4) is 0 Å². The number of carbonyl (C=O) groups is 1. The summed E-state index contributed by atoms with van der Waals surface area (Å²) >= 11 is 1.74. The van der Waals surface area contributed by atoms with Crippen LogP contribution in [0.1, 0.15) is 33.5 Å². The summed E-state index contributed by atoms with van der Waals surface area (Å²) in [5, 5.41) is 2.08. The second-order valence-corrected chi connectivity index (χ2v) is 6.18. The zero-order chi connectivity index (χ0) is 14.7. The van der Waals surface area contributed by atoms with Crippen molar-refractivity contribution in [2.75, 3.05) is 13.1 Å². The quantitative estimate of drug-likeness (QED) is 0.762. The highest BCUT2D eigenvalue weighted by molar-refractivity contribution is 7.09. The molecule has 0 aromatic carbocycles. The number of aryl methyl sites for hydroxylation is 1. The Kier molecular flexibility index (Phi) is 4.78. The standard InChI is InChI=1S/C16H22N2OS/c1-5-18(10-14-7-6-8-20-14)11-16(19)15-9-12(2)17(4)13(15)3/h6-9H,5,10-11H2,1-4H3. The zero-order valence-electron chi connectivity index (χ0n) is 12.6. The fourth-order valence-electron chi connectivity index (χ4n) is 2.33. The molecule has 0 aliphatic carbocycles. The molecule has 2 rings (SSSR count). The van der Waals surface area contributed by atoms with E-state index in [4.69, 9.17) is 0 Å². The topological polar surface area (TPSA) is 25.2 Å². The SMILES string of the molecule is CCN(CC(=O)c1cc(C)n(C)c1C)Cc1cccs1. The van der Waals surface area contributed by atoms with Crippen molar-refractivity contribution in [1.82, 2.24) is 9.47 Å². The molecule has 0 unspecified atom stereocenters. The Labute approximate surface area is 124 Å². The van der Waals surface area contributed by atoms with E-state index in [1.807, 2.05) is 27.0 Å². The van der Waals surface area contributed by atoms with E-state index >= 15 is 0 Å². The van der Waals surface area contributed by atoms with E-state index in [2.05, 4.69) is 33.9 Å². The molecule has 0 radical (unpaired) electrons. The van der Waals surface area contributed by atoms with Crippen molar-refractivity contribution in [1.29, 1.82) is 0 Å². The third-order valence-electron chi connectivity index (χ3n) is 3.85. The van der Waals surface area contributed by atoms with E-state index in [1.165, 1.54) is 4.88 Å². The third kappa shape index (κ3) is 3.19. The van der Waals surface area contributed by atoms with Crippen LogP contribution in [0.2, 0.25) is 0 Å². The third-order valence-corrected chi connectivity index (χ3v) is 4.71. The van der Waals surface area contributed by atoms with Crippen LogP contribution >= 0.6 is 11.3 Å². The second kappa shape index (κ2) is 6.37. The molecule has 0 spiro atoms. The molecule has 0 aliphatic heterocycles. The summed E-state index contributed by atoms with van der Waals surface area (Å²) in [6.07, 6.45) is 0. The summed E-state index contributed by atoms with van der Waals surface area (Å²) in [5.74, 6) is 0.213. The average molecular weight is 290 g/mol. The maximum absolute atomic E-state index is 12.5. The maximum Gasteiger partial charge on any atom is 0.178 e. The van der Waals surface area contributed by atoms with E-state index in [-0.39, 0.29) is 5.78 Å². The number of rotatable bonds is 6. The monoisotopic (exact) mass is 290 g/mol. The minimum atomic E-state index is 0.213. The van der Waals surface area contributed by atoms with Crippen LogP contribution in [-0.4, -0.2) is 28.3 Å². The highest BCUT2D eigenvalue weighted by Crippen LogP contribution is 2.16. The van der Waals surface area contributed by atoms with Crippen LogP contribution in [-0.2, 0) is 13.6 Å². The average Bonchev–Trinajstić information content (AvgIpc) is 3.02. The van der Waals surface area contributed by atoms with Crippen molar-refractivity contribution in [2.24, 2.45) is 7.05 Å². The van der Waals surface area contributed by atoms with Gasteiger partial charge in [-0.15, -0.1) is 11.3 Å². The zero-order valence-corrected chi connectivity index (χ0v) is 13.5. The van der Waals surface area contributed by atoms with Gasteiger partial charge in [-0.3, -0.25) is 9.69 Å². The van der Waals surface area contributed by atoms with Gasteiger partial charge in [-0.2, -0.15) is 0 Å². The Bertz CT molecular complexity index is 584. The first-order valence-corrected chi connectivity index (χ1v) is 7.81. The molecule has 2 aromatic heterocycles. The molecule has 2 heterocycles. The number of carbonyl (C=O) groups excluding carboxylic acids is 1. The van der Waals surface area contributed by atoms with Crippen LogP contribution in [0, 0.1) is 13.8 Å². The highest BCUT2D eigenvalue weighted by atomic mass is 32.1. The minimum Gasteiger partial charge on any atom is -0.351 e. The number of thiophene rings is 1. The molecule has 0 saturated carbocycles. The molecule has 0 atom stereocenters. The molecule has 4 heteroatoms. The van der Waals surface area contributed by atoms with Gasteiger partial charge < -0.3 is 4.57 Å². The van der Waals surface area contributed by atoms with Crippen LogP contribution in [0.4, 0.5) is 0 Å². The highest BCUT2D eigenvalue weighted by Gasteiger charge is 2.17. The van der Waals surface area contributed by atoms with Crippen LogP contribution in [0.5, 0.6) is 0 Å². The van der Waals surface area contributed by atoms with Crippen molar-refractivity contribution in [2.45, 2.75) is 27.3 Å². The number of ketones is 1. The Hall–Kier alpha value is -1.39. The lowest BCUT2D eigenvalue weighted by molar-refractivity contribution is 0.0929. The van der Waals surface area contributed by atoms with Gasteiger partial charge in [0.1, 0.15) is 0 Å². The van der Waals surface area contributed by atoms with E-state index in [9.17, 15) is 4.79 Å². The van der Waals surface area contributed by atoms with Gasteiger partial charge in [0.2, 0.25) is 0 Å². The fraction of sp³-hybridized carbons (Fsp3) is 0.438. The van der Waals surface area contributed by atoms with E-state index in [1.54, 1.807) is 11.3 Å². The Balaban J connectivity index is 2.07. The maximum atomic E-state index is 12.5. The predicted molar refractivity (Wildman–Crippen MR) is 84.5 cm³/mol. The molecule has 2 aromatic rings.